The van der Waals surface area contributed by atoms with E-state index in [1.54, 1.807) is 0 Å². The van der Waals surface area contributed by atoms with Gasteiger partial charge in [-0.15, -0.1) is 0 Å². The van der Waals surface area contributed by atoms with Crippen molar-refractivity contribution in [3.63, 3.8) is 0 Å². The molecule has 1 heterocycles. The fourth-order valence-corrected chi connectivity index (χ4v) is 6.82. The van der Waals surface area contributed by atoms with Gasteiger partial charge in [0.25, 0.3) is 0 Å². The number of alkyl carbamates (subject to hydrolysis) is 1. The van der Waals surface area contributed by atoms with E-state index in [9.17, 15) is 19.5 Å². The topological polar surface area (TPSA) is 108 Å². The minimum absolute atomic E-state index is 0.0171. The molecule has 1 aliphatic heterocycles. The number of fused-ring (bicyclic) bond motifs is 3. The molecule has 2 amide bonds. The predicted molar refractivity (Wildman–Crippen MR) is 159 cm³/mol. The summed E-state index contributed by atoms with van der Waals surface area (Å²) in [7, 11) is 0. The molecule has 0 spiro atoms. The Morgan fingerprint density at radius 1 is 0.857 bits per heavy atom. The summed E-state index contributed by atoms with van der Waals surface area (Å²) in [5.74, 6) is -1.59. The number of likely N-dealkylation sites (tertiary alicyclic amines) is 1. The van der Waals surface area contributed by atoms with E-state index < -0.39 is 17.6 Å². The number of carboxylic acid groups (broad SMARTS) is 1. The molecule has 6 rings (SSSR count). The molecule has 3 aromatic carbocycles. The lowest BCUT2D eigenvalue weighted by molar-refractivity contribution is -0.150. The number of nitrogens with zero attached hydrogens (tertiary/aromatic N) is 1. The van der Waals surface area contributed by atoms with Gasteiger partial charge in [0.2, 0.25) is 5.91 Å². The quantitative estimate of drug-likeness (QED) is 0.356. The fraction of sp³-hybridized carbons (Fsp3) is 0.382. The maximum absolute atomic E-state index is 13.2. The predicted octanol–water partition coefficient (Wildman–Crippen LogP) is 4.93. The SMILES string of the molecule is O=C(N[C@@H]1CC[C@H](C(=O)NC2(C(=O)O)CCN(Cc3ccccc3)CC2)C1)OCC1c2ccccc2-c2ccccc21. The van der Waals surface area contributed by atoms with Gasteiger partial charge in [0.1, 0.15) is 12.1 Å². The van der Waals surface area contributed by atoms with Crippen LogP contribution in [0.3, 0.4) is 0 Å². The average molecular weight is 568 g/mol. The minimum Gasteiger partial charge on any atom is -0.480 e. The van der Waals surface area contributed by atoms with Crippen LogP contribution >= 0.6 is 0 Å². The summed E-state index contributed by atoms with van der Waals surface area (Å²) in [6.45, 7) is 2.19. The molecule has 3 aliphatic rings. The molecule has 8 heteroatoms. The van der Waals surface area contributed by atoms with E-state index in [0.29, 0.717) is 45.2 Å². The zero-order valence-electron chi connectivity index (χ0n) is 23.6. The second-order valence-electron chi connectivity index (χ2n) is 11.8. The Bertz CT molecular complexity index is 1400. The lowest BCUT2D eigenvalue weighted by Gasteiger charge is -2.39. The lowest BCUT2D eigenvalue weighted by Crippen LogP contribution is -2.60. The molecular weight excluding hydrogens is 530 g/mol. The van der Waals surface area contributed by atoms with Crippen LogP contribution < -0.4 is 10.6 Å². The van der Waals surface area contributed by atoms with Gasteiger partial charge in [0.05, 0.1) is 0 Å². The second-order valence-corrected chi connectivity index (χ2v) is 11.8. The van der Waals surface area contributed by atoms with Crippen LogP contribution in [0.4, 0.5) is 4.79 Å². The molecule has 218 valence electrons. The standard InChI is InChI=1S/C34H37N3O5/c38-31(36-34(32(39)40)16-18-37(19-17-34)21-23-8-2-1-3-9-23)24-14-15-25(20-24)35-33(41)42-22-30-28-12-6-4-10-26(28)27-11-5-7-13-29(27)30/h1-13,24-25,30H,14-22H2,(H,35,41)(H,36,38)(H,39,40)/t24-,25+/m0/s1. The van der Waals surface area contributed by atoms with Gasteiger partial charge in [-0.3, -0.25) is 9.69 Å². The molecule has 2 aliphatic carbocycles. The molecule has 2 atom stereocenters. The highest BCUT2D eigenvalue weighted by Crippen LogP contribution is 2.44. The maximum atomic E-state index is 13.2. The lowest BCUT2D eigenvalue weighted by atomic mass is 9.86. The van der Waals surface area contributed by atoms with Crippen molar-refractivity contribution in [3.8, 4) is 11.1 Å². The molecule has 0 radical (unpaired) electrons. The summed E-state index contributed by atoms with van der Waals surface area (Å²) >= 11 is 0. The number of hydrogen-bond acceptors (Lipinski definition) is 5. The molecule has 3 N–H and O–H groups in total. The van der Waals surface area contributed by atoms with E-state index >= 15 is 0 Å². The van der Waals surface area contributed by atoms with Crippen molar-refractivity contribution < 1.29 is 24.2 Å². The van der Waals surface area contributed by atoms with E-state index in [1.165, 1.54) is 16.7 Å². The van der Waals surface area contributed by atoms with Gasteiger partial charge in [-0.1, -0.05) is 78.9 Å². The number of ether oxygens (including phenoxy) is 1. The second kappa shape index (κ2) is 12.0. The third-order valence-corrected chi connectivity index (χ3v) is 9.20. The van der Waals surface area contributed by atoms with E-state index in [-0.39, 0.29) is 30.4 Å². The molecule has 8 nitrogen and oxygen atoms in total. The van der Waals surface area contributed by atoms with Crippen molar-refractivity contribution in [2.24, 2.45) is 5.92 Å². The highest BCUT2D eigenvalue weighted by atomic mass is 16.5. The monoisotopic (exact) mass is 567 g/mol. The van der Waals surface area contributed by atoms with Crippen LogP contribution in [0.2, 0.25) is 0 Å². The smallest absolute Gasteiger partial charge is 0.407 e. The highest BCUT2D eigenvalue weighted by molar-refractivity contribution is 5.88. The van der Waals surface area contributed by atoms with Crippen LogP contribution in [0.1, 0.15) is 54.7 Å². The van der Waals surface area contributed by atoms with Crippen LogP contribution in [0.25, 0.3) is 11.1 Å². The Kier molecular flexibility index (Phi) is 7.98. The van der Waals surface area contributed by atoms with Gasteiger partial charge in [-0.25, -0.2) is 9.59 Å². The van der Waals surface area contributed by atoms with Crippen LogP contribution in [0.5, 0.6) is 0 Å². The van der Waals surface area contributed by atoms with E-state index in [1.807, 2.05) is 42.5 Å². The molecule has 42 heavy (non-hydrogen) atoms. The molecule has 1 saturated heterocycles. The van der Waals surface area contributed by atoms with Gasteiger partial charge in [-0.05, 0) is 59.9 Å². The summed E-state index contributed by atoms with van der Waals surface area (Å²) in [6.07, 6.45) is 1.93. The maximum Gasteiger partial charge on any atom is 0.407 e. The van der Waals surface area contributed by atoms with Crippen molar-refractivity contribution in [1.82, 2.24) is 15.5 Å². The summed E-state index contributed by atoms with van der Waals surface area (Å²) in [4.78, 5) is 40.5. The Morgan fingerprint density at radius 3 is 2.12 bits per heavy atom. The minimum atomic E-state index is -1.26. The summed E-state index contributed by atoms with van der Waals surface area (Å²) in [5.41, 5.74) is 4.58. The molecular formula is C34H37N3O5. The third-order valence-electron chi connectivity index (χ3n) is 9.20. The molecule has 3 aromatic rings. The number of benzene rings is 3. The van der Waals surface area contributed by atoms with Crippen molar-refractivity contribution in [2.45, 2.75) is 56.1 Å². The Hall–Kier alpha value is -4.17. The van der Waals surface area contributed by atoms with Gasteiger partial charge in [0.15, 0.2) is 0 Å². The van der Waals surface area contributed by atoms with Crippen LogP contribution in [0.15, 0.2) is 78.9 Å². The van der Waals surface area contributed by atoms with Gasteiger partial charge < -0.3 is 20.5 Å². The largest absolute Gasteiger partial charge is 0.480 e. The first-order chi connectivity index (χ1) is 20.4. The number of carbonyl (C=O) groups is 3. The molecule has 0 unspecified atom stereocenters. The number of rotatable bonds is 8. The van der Waals surface area contributed by atoms with Crippen LogP contribution in [-0.4, -0.2) is 59.3 Å². The van der Waals surface area contributed by atoms with Gasteiger partial charge >= 0.3 is 12.1 Å². The van der Waals surface area contributed by atoms with Crippen molar-refractivity contribution >= 4 is 18.0 Å². The van der Waals surface area contributed by atoms with Crippen molar-refractivity contribution in [1.29, 1.82) is 0 Å². The number of carboxylic acids is 1. The van der Waals surface area contributed by atoms with Crippen LogP contribution in [-0.2, 0) is 20.9 Å². The zero-order chi connectivity index (χ0) is 29.1. The normalized spacial score (nSPS) is 21.2. The van der Waals surface area contributed by atoms with Crippen molar-refractivity contribution in [3.05, 3.63) is 95.6 Å². The average Bonchev–Trinajstić information content (AvgIpc) is 3.60. The van der Waals surface area contributed by atoms with Gasteiger partial charge in [0, 0.05) is 37.5 Å². The van der Waals surface area contributed by atoms with E-state index in [4.69, 9.17) is 4.74 Å². The summed E-state index contributed by atoms with van der Waals surface area (Å²) < 4.78 is 5.69. The molecule has 0 aromatic heterocycles. The number of piperidine rings is 1. The van der Waals surface area contributed by atoms with Crippen molar-refractivity contribution in [2.75, 3.05) is 19.7 Å². The van der Waals surface area contributed by atoms with Gasteiger partial charge in [-0.2, -0.15) is 0 Å². The first kappa shape index (κ1) is 28.0. The molecule has 1 saturated carbocycles. The first-order valence-corrected chi connectivity index (χ1v) is 14.8. The summed E-state index contributed by atoms with van der Waals surface area (Å²) in [6, 6.07) is 26.3. The van der Waals surface area contributed by atoms with E-state index in [0.717, 1.165) is 17.7 Å². The Morgan fingerprint density at radius 2 is 1.48 bits per heavy atom. The fourth-order valence-electron chi connectivity index (χ4n) is 6.82. The number of amides is 2. The number of nitrogens with one attached hydrogen (secondary N) is 2. The molecule has 0 bridgehead atoms. The number of hydrogen-bond donors (Lipinski definition) is 3. The number of carbonyl (C=O) groups excluding carboxylic acids is 2. The zero-order valence-corrected chi connectivity index (χ0v) is 23.6. The van der Waals surface area contributed by atoms with Crippen LogP contribution in [0, 0.1) is 5.92 Å². The number of aliphatic carboxylic acids is 1. The third kappa shape index (κ3) is 5.77. The first-order valence-electron chi connectivity index (χ1n) is 14.8. The summed E-state index contributed by atoms with van der Waals surface area (Å²) in [5, 5.41) is 15.9. The van der Waals surface area contributed by atoms with E-state index in [2.05, 4.69) is 51.9 Å². The Balaban J connectivity index is 0.990. The highest BCUT2D eigenvalue weighted by Gasteiger charge is 2.44. The molecule has 2 fully saturated rings. The Labute approximate surface area is 246 Å².